The number of piperidine rings is 1. The average Bonchev–Trinajstić information content (AvgIpc) is 2.47. The smallest absolute Gasteiger partial charge is 0.255 e. The van der Waals surface area contributed by atoms with Gasteiger partial charge in [0.1, 0.15) is 11.6 Å². The highest BCUT2D eigenvalue weighted by Crippen LogP contribution is 2.16. The van der Waals surface area contributed by atoms with E-state index in [1.165, 1.54) is 6.07 Å². The molecule has 0 aliphatic carbocycles. The van der Waals surface area contributed by atoms with Gasteiger partial charge in [0.05, 0.1) is 11.8 Å². The summed E-state index contributed by atoms with van der Waals surface area (Å²) in [4.78, 5) is 18.5. The molecule has 6 heteroatoms. The zero-order chi connectivity index (χ0) is 15.2. The molecule has 1 aromatic rings. The van der Waals surface area contributed by atoms with Crippen LogP contribution in [0.3, 0.4) is 0 Å². The summed E-state index contributed by atoms with van der Waals surface area (Å²) < 4.78 is 13.3. The molecule has 0 bridgehead atoms. The van der Waals surface area contributed by atoms with E-state index in [1.54, 1.807) is 0 Å². The van der Waals surface area contributed by atoms with Gasteiger partial charge >= 0.3 is 0 Å². The summed E-state index contributed by atoms with van der Waals surface area (Å²) >= 11 is 0. The van der Waals surface area contributed by atoms with Crippen LogP contribution in [0.25, 0.3) is 0 Å². The molecule has 2 N–H and O–H groups in total. The molecule has 0 saturated carbocycles. The molecule has 0 aromatic carbocycles. The van der Waals surface area contributed by atoms with Crippen LogP contribution in [-0.2, 0) is 0 Å². The highest BCUT2D eigenvalue weighted by atomic mass is 19.1. The van der Waals surface area contributed by atoms with E-state index in [0.29, 0.717) is 24.8 Å². The second kappa shape index (κ2) is 7.36. The van der Waals surface area contributed by atoms with Crippen molar-refractivity contribution in [3.63, 3.8) is 0 Å². The lowest BCUT2D eigenvalue weighted by Gasteiger charge is -2.29. The van der Waals surface area contributed by atoms with E-state index in [-0.39, 0.29) is 11.5 Å². The molecule has 1 amide bonds. The van der Waals surface area contributed by atoms with E-state index < -0.39 is 5.82 Å². The predicted molar refractivity (Wildman–Crippen MR) is 80.9 cm³/mol. The Hall–Kier alpha value is -1.69. The van der Waals surface area contributed by atoms with Gasteiger partial charge in [0, 0.05) is 19.6 Å². The number of carbonyl (C=O) groups is 1. The first-order valence-corrected chi connectivity index (χ1v) is 7.46. The number of aromatic nitrogens is 1. The van der Waals surface area contributed by atoms with Crippen LogP contribution in [0.1, 0.15) is 30.1 Å². The van der Waals surface area contributed by atoms with Gasteiger partial charge < -0.3 is 15.5 Å². The second-order valence-electron chi connectivity index (χ2n) is 5.56. The van der Waals surface area contributed by atoms with Crippen LogP contribution in [0, 0.1) is 11.7 Å². The summed E-state index contributed by atoms with van der Waals surface area (Å²) in [6.45, 7) is 5.26. The van der Waals surface area contributed by atoms with Crippen molar-refractivity contribution in [3.8, 4) is 0 Å². The third-order valence-electron chi connectivity index (χ3n) is 3.72. The van der Waals surface area contributed by atoms with Crippen molar-refractivity contribution in [1.29, 1.82) is 0 Å². The molecule has 1 aromatic heterocycles. The number of amides is 1. The summed E-state index contributed by atoms with van der Waals surface area (Å²) in [7, 11) is 2.09. The van der Waals surface area contributed by atoms with Crippen molar-refractivity contribution in [1.82, 2.24) is 15.2 Å². The first kappa shape index (κ1) is 15.7. The molecule has 1 fully saturated rings. The number of likely N-dealkylation sites (tertiary alicyclic amines) is 1. The molecule has 1 atom stereocenters. The number of nitrogens with one attached hydrogen (secondary N) is 2. The Kier molecular flexibility index (Phi) is 5.50. The zero-order valence-electron chi connectivity index (χ0n) is 12.7. The maximum absolute atomic E-state index is 13.3. The Morgan fingerprint density at radius 2 is 2.38 bits per heavy atom. The van der Waals surface area contributed by atoms with Gasteiger partial charge in [-0.15, -0.1) is 0 Å². The summed E-state index contributed by atoms with van der Waals surface area (Å²) in [5.74, 6) is 0.111. The second-order valence-corrected chi connectivity index (χ2v) is 5.56. The molecule has 2 rings (SSSR count). The van der Waals surface area contributed by atoms with Crippen molar-refractivity contribution in [2.45, 2.75) is 19.8 Å². The van der Waals surface area contributed by atoms with Gasteiger partial charge in [0.2, 0.25) is 0 Å². The number of pyridine rings is 1. The SMILES string of the molecule is CCNc1ncc(F)cc1C(=O)NCC1CCCN(C)C1. The first-order valence-electron chi connectivity index (χ1n) is 7.46. The topological polar surface area (TPSA) is 57.3 Å². The number of hydrogen-bond donors (Lipinski definition) is 2. The molecule has 1 aliphatic rings. The lowest BCUT2D eigenvalue weighted by atomic mass is 9.98. The number of rotatable bonds is 5. The van der Waals surface area contributed by atoms with E-state index in [4.69, 9.17) is 0 Å². The fourth-order valence-corrected chi connectivity index (χ4v) is 2.69. The lowest BCUT2D eigenvalue weighted by Crippen LogP contribution is -2.39. The predicted octanol–water partition coefficient (Wildman–Crippen LogP) is 1.72. The fraction of sp³-hybridized carbons (Fsp3) is 0.600. The van der Waals surface area contributed by atoms with Gasteiger partial charge in [-0.25, -0.2) is 9.37 Å². The van der Waals surface area contributed by atoms with Crippen molar-refractivity contribution < 1.29 is 9.18 Å². The van der Waals surface area contributed by atoms with Crippen LogP contribution in [0.4, 0.5) is 10.2 Å². The number of nitrogens with zero attached hydrogens (tertiary/aromatic N) is 2. The third-order valence-corrected chi connectivity index (χ3v) is 3.72. The van der Waals surface area contributed by atoms with E-state index in [1.807, 2.05) is 6.92 Å². The quantitative estimate of drug-likeness (QED) is 0.868. The molecule has 2 heterocycles. The lowest BCUT2D eigenvalue weighted by molar-refractivity contribution is 0.0937. The Morgan fingerprint density at radius 1 is 1.57 bits per heavy atom. The highest BCUT2D eigenvalue weighted by Gasteiger charge is 2.19. The Bertz CT molecular complexity index is 495. The first-order chi connectivity index (χ1) is 10.1. The van der Waals surface area contributed by atoms with Gasteiger partial charge in [0.15, 0.2) is 0 Å². The molecule has 1 aliphatic heterocycles. The van der Waals surface area contributed by atoms with Gasteiger partial charge in [-0.3, -0.25) is 4.79 Å². The summed E-state index contributed by atoms with van der Waals surface area (Å²) in [6, 6.07) is 1.23. The molecular formula is C15H23FN4O. The normalized spacial score (nSPS) is 19.3. The Balaban J connectivity index is 1.97. The Labute approximate surface area is 124 Å². The minimum atomic E-state index is -0.501. The molecule has 116 valence electrons. The van der Waals surface area contributed by atoms with E-state index in [0.717, 1.165) is 32.1 Å². The number of halogens is 1. The summed E-state index contributed by atoms with van der Waals surface area (Å²) in [6.07, 6.45) is 3.39. The number of anilines is 1. The minimum Gasteiger partial charge on any atom is -0.370 e. The molecule has 1 saturated heterocycles. The van der Waals surface area contributed by atoms with Gasteiger partial charge in [0.25, 0.3) is 5.91 Å². The minimum absolute atomic E-state index is 0.265. The Morgan fingerprint density at radius 3 is 3.10 bits per heavy atom. The van der Waals surface area contributed by atoms with Gasteiger partial charge in [-0.05, 0) is 45.3 Å². The number of carbonyl (C=O) groups excluding carboxylic acids is 1. The highest BCUT2D eigenvalue weighted by molar-refractivity contribution is 5.98. The van der Waals surface area contributed by atoms with Crippen molar-refractivity contribution in [3.05, 3.63) is 23.6 Å². The van der Waals surface area contributed by atoms with Crippen LogP contribution in [0.5, 0.6) is 0 Å². The van der Waals surface area contributed by atoms with Gasteiger partial charge in [-0.2, -0.15) is 0 Å². The molecule has 0 radical (unpaired) electrons. The largest absolute Gasteiger partial charge is 0.370 e. The van der Waals surface area contributed by atoms with Crippen molar-refractivity contribution >= 4 is 11.7 Å². The summed E-state index contributed by atoms with van der Waals surface area (Å²) in [5, 5.41) is 5.89. The van der Waals surface area contributed by atoms with E-state index >= 15 is 0 Å². The zero-order valence-corrected chi connectivity index (χ0v) is 12.7. The van der Waals surface area contributed by atoms with Crippen LogP contribution >= 0.6 is 0 Å². The van der Waals surface area contributed by atoms with Crippen molar-refractivity contribution in [2.24, 2.45) is 5.92 Å². The van der Waals surface area contributed by atoms with Crippen molar-refractivity contribution in [2.75, 3.05) is 38.5 Å². The molecule has 1 unspecified atom stereocenters. The summed E-state index contributed by atoms with van der Waals surface area (Å²) in [5.41, 5.74) is 0.265. The molecular weight excluding hydrogens is 271 g/mol. The van der Waals surface area contributed by atoms with Crippen LogP contribution in [0.2, 0.25) is 0 Å². The maximum Gasteiger partial charge on any atom is 0.255 e. The van der Waals surface area contributed by atoms with Crippen LogP contribution in [0.15, 0.2) is 12.3 Å². The standard InChI is InChI=1S/C15H23FN4O/c1-3-17-14-13(7-12(16)9-18-14)15(21)19-8-11-5-4-6-20(2)10-11/h7,9,11H,3-6,8,10H2,1-2H3,(H,17,18)(H,19,21). The van der Waals surface area contributed by atoms with Gasteiger partial charge in [-0.1, -0.05) is 0 Å². The molecule has 0 spiro atoms. The van der Waals surface area contributed by atoms with Crippen LogP contribution in [-0.4, -0.2) is 49.0 Å². The van der Waals surface area contributed by atoms with E-state index in [2.05, 4.69) is 27.6 Å². The fourth-order valence-electron chi connectivity index (χ4n) is 2.69. The average molecular weight is 294 g/mol. The maximum atomic E-state index is 13.3. The molecule has 5 nitrogen and oxygen atoms in total. The molecule has 21 heavy (non-hydrogen) atoms. The monoisotopic (exact) mass is 294 g/mol. The third kappa shape index (κ3) is 4.39. The van der Waals surface area contributed by atoms with Crippen LogP contribution < -0.4 is 10.6 Å². The van der Waals surface area contributed by atoms with E-state index in [9.17, 15) is 9.18 Å². The number of hydrogen-bond acceptors (Lipinski definition) is 4.